The van der Waals surface area contributed by atoms with Gasteiger partial charge in [0.15, 0.2) is 11.7 Å². The number of aryl methyl sites for hydroxylation is 1. The molecule has 21 heavy (non-hydrogen) atoms. The molecule has 0 radical (unpaired) electrons. The van der Waals surface area contributed by atoms with E-state index in [1.165, 1.54) is 11.3 Å². The second kappa shape index (κ2) is 6.13. The number of hydrogen-bond acceptors (Lipinski definition) is 8. The van der Waals surface area contributed by atoms with Crippen LogP contribution in [0.4, 0.5) is 11.0 Å². The van der Waals surface area contributed by atoms with Crippen LogP contribution in [0.1, 0.15) is 16.2 Å². The highest BCUT2D eigenvalue weighted by Crippen LogP contribution is 2.16. The summed E-state index contributed by atoms with van der Waals surface area (Å²) in [5.41, 5.74) is 0.759. The number of ether oxygens (including phenoxy) is 1. The van der Waals surface area contributed by atoms with Crippen molar-refractivity contribution in [3.05, 3.63) is 39.1 Å². The Labute approximate surface area is 121 Å². The first-order chi connectivity index (χ1) is 9.95. The molecule has 9 nitrogen and oxygen atoms in total. The molecule has 0 aliphatic rings. The fourth-order valence-electron chi connectivity index (χ4n) is 1.30. The van der Waals surface area contributed by atoms with E-state index in [-0.39, 0.29) is 5.76 Å². The van der Waals surface area contributed by atoms with E-state index in [0.29, 0.717) is 5.13 Å². The number of anilines is 1. The zero-order valence-electron chi connectivity index (χ0n) is 10.7. The summed E-state index contributed by atoms with van der Waals surface area (Å²) in [6.45, 7) is 1.22. The molecule has 0 aliphatic carbocycles. The molecule has 110 valence electrons. The van der Waals surface area contributed by atoms with Gasteiger partial charge in [0.25, 0.3) is 5.91 Å². The molecule has 2 heterocycles. The minimum Gasteiger partial charge on any atom is -0.450 e. The third kappa shape index (κ3) is 3.86. The van der Waals surface area contributed by atoms with E-state index in [2.05, 4.69) is 19.5 Å². The van der Waals surface area contributed by atoms with E-state index in [0.717, 1.165) is 17.8 Å². The Bertz CT molecular complexity index is 692. The number of hydrogen-bond donors (Lipinski definition) is 1. The molecular weight excluding hydrogens is 302 g/mol. The average Bonchev–Trinajstić information content (AvgIpc) is 3.05. The molecular formula is C11H9N3O6S. The molecule has 0 spiro atoms. The van der Waals surface area contributed by atoms with Crippen molar-refractivity contribution in [3.63, 3.8) is 0 Å². The number of nitrogens with zero attached hydrogens (tertiary/aromatic N) is 2. The van der Waals surface area contributed by atoms with Crippen molar-refractivity contribution in [3.8, 4) is 0 Å². The van der Waals surface area contributed by atoms with Crippen molar-refractivity contribution < 1.29 is 23.7 Å². The molecule has 2 aromatic heterocycles. The number of esters is 1. The molecule has 1 N–H and O–H groups in total. The van der Waals surface area contributed by atoms with Crippen LogP contribution in [-0.2, 0) is 9.53 Å². The van der Waals surface area contributed by atoms with Crippen LogP contribution < -0.4 is 5.32 Å². The zero-order valence-corrected chi connectivity index (χ0v) is 11.5. The largest absolute Gasteiger partial charge is 0.450 e. The standard InChI is InChI=1S/C11H9N3O6S/c1-6-5-21-11(12-6)13-8(15)4-19-10(16)7-2-3-9(20-7)14(17)18/h2-3,5H,4H2,1H3,(H,12,13,15). The summed E-state index contributed by atoms with van der Waals surface area (Å²) < 4.78 is 9.32. The van der Waals surface area contributed by atoms with E-state index in [1.807, 2.05) is 0 Å². The number of nitrogens with one attached hydrogen (secondary N) is 1. The van der Waals surface area contributed by atoms with Crippen molar-refractivity contribution in [2.45, 2.75) is 6.92 Å². The van der Waals surface area contributed by atoms with Crippen molar-refractivity contribution >= 4 is 34.2 Å². The number of nitro groups is 1. The predicted octanol–water partition coefficient (Wildman–Crippen LogP) is 1.75. The molecule has 0 fully saturated rings. The Morgan fingerprint density at radius 1 is 1.52 bits per heavy atom. The van der Waals surface area contributed by atoms with Gasteiger partial charge in [-0.15, -0.1) is 11.3 Å². The van der Waals surface area contributed by atoms with Crippen LogP contribution in [0, 0.1) is 17.0 Å². The Balaban J connectivity index is 1.85. The van der Waals surface area contributed by atoms with Crippen molar-refractivity contribution in [1.82, 2.24) is 4.98 Å². The molecule has 0 aromatic carbocycles. The van der Waals surface area contributed by atoms with Gasteiger partial charge >= 0.3 is 11.9 Å². The average molecular weight is 311 g/mol. The van der Waals surface area contributed by atoms with Crippen LogP contribution in [0.25, 0.3) is 0 Å². The molecule has 0 aliphatic heterocycles. The first-order valence-corrected chi connectivity index (χ1v) is 6.47. The quantitative estimate of drug-likeness (QED) is 0.506. The van der Waals surface area contributed by atoms with Gasteiger partial charge in [-0.05, 0) is 13.0 Å². The van der Waals surface area contributed by atoms with E-state index in [4.69, 9.17) is 0 Å². The Hall–Kier alpha value is -2.75. The van der Waals surface area contributed by atoms with Crippen molar-refractivity contribution in [2.24, 2.45) is 0 Å². The number of carbonyl (C=O) groups is 2. The van der Waals surface area contributed by atoms with Gasteiger partial charge in [-0.2, -0.15) is 0 Å². The maximum Gasteiger partial charge on any atom is 0.433 e. The topological polar surface area (TPSA) is 125 Å². The summed E-state index contributed by atoms with van der Waals surface area (Å²) in [4.78, 5) is 36.6. The Morgan fingerprint density at radius 3 is 2.86 bits per heavy atom. The number of rotatable bonds is 5. The van der Waals surface area contributed by atoms with Crippen LogP contribution in [0.5, 0.6) is 0 Å². The SMILES string of the molecule is Cc1csc(NC(=O)COC(=O)c2ccc([N+](=O)[O-])o2)n1. The van der Waals surface area contributed by atoms with Crippen LogP contribution >= 0.6 is 11.3 Å². The van der Waals surface area contributed by atoms with Crippen LogP contribution in [0.2, 0.25) is 0 Å². The smallest absolute Gasteiger partial charge is 0.433 e. The normalized spacial score (nSPS) is 10.1. The second-order valence-electron chi connectivity index (χ2n) is 3.81. The van der Waals surface area contributed by atoms with Crippen LogP contribution in [-0.4, -0.2) is 28.4 Å². The second-order valence-corrected chi connectivity index (χ2v) is 4.67. The first-order valence-electron chi connectivity index (χ1n) is 5.59. The molecule has 0 saturated heterocycles. The summed E-state index contributed by atoms with van der Waals surface area (Å²) in [6.07, 6.45) is 0. The van der Waals surface area contributed by atoms with Gasteiger partial charge in [0.2, 0.25) is 5.76 Å². The lowest BCUT2D eigenvalue weighted by Gasteiger charge is -2.02. The number of aromatic nitrogens is 1. The maximum atomic E-state index is 11.5. The number of furan rings is 1. The van der Waals surface area contributed by atoms with Crippen LogP contribution in [0.3, 0.4) is 0 Å². The first kappa shape index (κ1) is 14.7. The van der Waals surface area contributed by atoms with Crippen molar-refractivity contribution in [2.75, 3.05) is 11.9 Å². The summed E-state index contributed by atoms with van der Waals surface area (Å²) in [5.74, 6) is -2.46. The van der Waals surface area contributed by atoms with Gasteiger partial charge in [-0.25, -0.2) is 9.78 Å². The van der Waals surface area contributed by atoms with Gasteiger partial charge in [-0.3, -0.25) is 20.2 Å². The van der Waals surface area contributed by atoms with Gasteiger partial charge < -0.3 is 9.15 Å². The summed E-state index contributed by atoms with van der Waals surface area (Å²) in [5, 5.41) is 15.0. The molecule has 0 saturated carbocycles. The Kier molecular flexibility index (Phi) is 4.28. The van der Waals surface area contributed by atoms with Gasteiger partial charge in [-0.1, -0.05) is 0 Å². The summed E-state index contributed by atoms with van der Waals surface area (Å²) in [7, 11) is 0. The molecule has 0 unspecified atom stereocenters. The monoisotopic (exact) mass is 311 g/mol. The predicted molar refractivity (Wildman–Crippen MR) is 71.1 cm³/mol. The van der Waals surface area contributed by atoms with Crippen LogP contribution in [0.15, 0.2) is 21.9 Å². The maximum absolute atomic E-state index is 11.5. The highest BCUT2D eigenvalue weighted by molar-refractivity contribution is 7.13. The third-order valence-electron chi connectivity index (χ3n) is 2.17. The molecule has 2 rings (SSSR count). The van der Waals surface area contributed by atoms with E-state index in [1.54, 1.807) is 12.3 Å². The van der Waals surface area contributed by atoms with E-state index >= 15 is 0 Å². The summed E-state index contributed by atoms with van der Waals surface area (Å²) in [6, 6.07) is 2.12. The van der Waals surface area contributed by atoms with Gasteiger partial charge in [0.1, 0.15) is 4.92 Å². The summed E-state index contributed by atoms with van der Waals surface area (Å²) >= 11 is 1.24. The fraction of sp³-hybridized carbons (Fsp3) is 0.182. The minimum atomic E-state index is -0.964. The lowest BCUT2D eigenvalue weighted by Crippen LogP contribution is -2.20. The number of carbonyl (C=O) groups excluding carboxylic acids is 2. The van der Waals surface area contributed by atoms with E-state index in [9.17, 15) is 19.7 Å². The van der Waals surface area contributed by atoms with Gasteiger partial charge in [0.05, 0.1) is 11.8 Å². The minimum absolute atomic E-state index is 0.348. The fourth-order valence-corrected chi connectivity index (χ4v) is 2.01. The Morgan fingerprint density at radius 2 is 2.29 bits per heavy atom. The van der Waals surface area contributed by atoms with Crippen molar-refractivity contribution in [1.29, 1.82) is 0 Å². The lowest BCUT2D eigenvalue weighted by atomic mass is 10.4. The molecule has 0 bridgehead atoms. The third-order valence-corrected chi connectivity index (χ3v) is 3.05. The zero-order chi connectivity index (χ0) is 15.4. The molecule has 1 amide bonds. The highest BCUT2D eigenvalue weighted by Gasteiger charge is 2.19. The highest BCUT2D eigenvalue weighted by atomic mass is 32.1. The number of amides is 1. The lowest BCUT2D eigenvalue weighted by molar-refractivity contribution is -0.402. The van der Waals surface area contributed by atoms with E-state index < -0.39 is 29.3 Å². The molecule has 10 heteroatoms. The number of thiazole rings is 1. The van der Waals surface area contributed by atoms with Gasteiger partial charge in [0, 0.05) is 5.38 Å². The molecule has 2 aromatic rings. The molecule has 0 atom stereocenters.